The summed E-state index contributed by atoms with van der Waals surface area (Å²) in [5, 5.41) is 11.4. The molecule has 1 unspecified atom stereocenters. The largest absolute Gasteiger partial charge is 0.479 e. The highest BCUT2D eigenvalue weighted by Gasteiger charge is 2.35. The quantitative estimate of drug-likeness (QED) is 0.814. The normalized spacial score (nSPS) is 16.2. The third kappa shape index (κ3) is 4.21. The fourth-order valence-electron chi connectivity index (χ4n) is 2.80. The van der Waals surface area contributed by atoms with E-state index >= 15 is 0 Å². The van der Waals surface area contributed by atoms with Crippen LogP contribution in [0.25, 0.3) is 0 Å². The van der Waals surface area contributed by atoms with E-state index in [9.17, 15) is 9.59 Å². The first-order valence-electron chi connectivity index (χ1n) is 8.03. The third-order valence-electron chi connectivity index (χ3n) is 4.02. The molecule has 3 rings (SSSR count). The fraction of sp³-hybridized carbons (Fsp3) is 0.211. The molecule has 7 heteroatoms. The summed E-state index contributed by atoms with van der Waals surface area (Å²) in [4.78, 5) is 26.5. The van der Waals surface area contributed by atoms with Gasteiger partial charge in [0.1, 0.15) is 11.8 Å². The van der Waals surface area contributed by atoms with Crippen LogP contribution in [0.5, 0.6) is 5.75 Å². The van der Waals surface area contributed by atoms with Crippen LogP contribution < -0.4 is 15.0 Å². The van der Waals surface area contributed by atoms with Crippen LogP contribution in [0.1, 0.15) is 6.42 Å². The molecule has 1 N–H and O–H groups in total. The van der Waals surface area contributed by atoms with Gasteiger partial charge in [-0.25, -0.2) is 0 Å². The second kappa shape index (κ2) is 8.02. The summed E-state index contributed by atoms with van der Waals surface area (Å²) in [6, 6.07) is 16.2. The van der Waals surface area contributed by atoms with E-state index in [1.807, 2.05) is 30.3 Å². The summed E-state index contributed by atoms with van der Waals surface area (Å²) < 4.78 is 6.11. The summed E-state index contributed by atoms with van der Waals surface area (Å²) >= 11 is 3.39. The predicted molar refractivity (Wildman–Crippen MR) is 101 cm³/mol. The molecule has 1 saturated heterocycles. The number of halogens is 1. The number of benzene rings is 2. The number of nitrogens with one attached hydrogen (secondary N) is 1. The topological polar surface area (TPSA) is 82.4 Å². The smallest absolute Gasteiger partial charge is 0.229 e. The van der Waals surface area contributed by atoms with Crippen molar-refractivity contribution in [1.29, 1.82) is 5.26 Å². The maximum absolute atomic E-state index is 12.5. The predicted octanol–water partition coefficient (Wildman–Crippen LogP) is 3.34. The minimum atomic E-state index is -0.426. The number of nitriles is 1. The molecule has 1 atom stereocenters. The molecule has 132 valence electrons. The van der Waals surface area contributed by atoms with Gasteiger partial charge >= 0.3 is 0 Å². The second-order valence-electron chi connectivity index (χ2n) is 5.85. The van der Waals surface area contributed by atoms with Crippen LogP contribution >= 0.6 is 15.9 Å². The van der Waals surface area contributed by atoms with Gasteiger partial charge in [-0.2, -0.15) is 5.26 Å². The van der Waals surface area contributed by atoms with Gasteiger partial charge in [-0.1, -0.05) is 28.1 Å². The number of ether oxygens (including phenoxy) is 1. The second-order valence-corrected chi connectivity index (χ2v) is 6.76. The Morgan fingerprint density at radius 1 is 1.31 bits per heavy atom. The Kier molecular flexibility index (Phi) is 5.54. The third-order valence-corrected chi connectivity index (χ3v) is 4.51. The highest BCUT2D eigenvalue weighted by Crippen LogP contribution is 2.28. The van der Waals surface area contributed by atoms with E-state index in [0.717, 1.165) is 10.2 Å². The molecule has 2 aromatic carbocycles. The molecule has 0 spiro atoms. The number of carbonyl (C=O) groups excluding carboxylic acids is 2. The fourth-order valence-corrected chi connectivity index (χ4v) is 3.19. The maximum atomic E-state index is 12.5. The van der Waals surface area contributed by atoms with Gasteiger partial charge in [0, 0.05) is 34.9 Å². The summed E-state index contributed by atoms with van der Waals surface area (Å²) in [6.07, 6.45) is 0.170. The number of hydrogen-bond acceptors (Lipinski definition) is 4. The number of amides is 2. The Balaban J connectivity index is 1.66. The van der Waals surface area contributed by atoms with Crippen LogP contribution in [0.15, 0.2) is 53.0 Å². The van der Waals surface area contributed by atoms with Crippen molar-refractivity contribution in [3.63, 3.8) is 0 Å². The van der Waals surface area contributed by atoms with Crippen molar-refractivity contribution in [2.75, 3.05) is 23.4 Å². The average Bonchev–Trinajstić information content (AvgIpc) is 3.02. The number of hydrogen-bond donors (Lipinski definition) is 1. The zero-order valence-electron chi connectivity index (χ0n) is 13.8. The summed E-state index contributed by atoms with van der Waals surface area (Å²) in [6.45, 7) is 0.280. The maximum Gasteiger partial charge on any atom is 0.229 e. The van der Waals surface area contributed by atoms with Crippen molar-refractivity contribution in [3.05, 3.63) is 53.0 Å². The zero-order valence-corrected chi connectivity index (χ0v) is 15.4. The Morgan fingerprint density at radius 2 is 2.12 bits per heavy atom. The molecule has 0 radical (unpaired) electrons. The van der Waals surface area contributed by atoms with E-state index in [-0.39, 0.29) is 24.8 Å². The van der Waals surface area contributed by atoms with Gasteiger partial charge in [0.25, 0.3) is 0 Å². The molecule has 2 aromatic rings. The van der Waals surface area contributed by atoms with Crippen LogP contribution in [0, 0.1) is 17.2 Å². The van der Waals surface area contributed by atoms with Crippen LogP contribution in [0.4, 0.5) is 11.4 Å². The first-order valence-corrected chi connectivity index (χ1v) is 8.83. The van der Waals surface area contributed by atoms with Crippen molar-refractivity contribution in [2.24, 2.45) is 5.92 Å². The van der Waals surface area contributed by atoms with Crippen LogP contribution in [0.3, 0.4) is 0 Å². The van der Waals surface area contributed by atoms with E-state index in [0.29, 0.717) is 18.0 Å². The first-order chi connectivity index (χ1) is 12.6. The molecule has 0 bridgehead atoms. The number of anilines is 2. The molecular formula is C19H16BrN3O3. The lowest BCUT2D eigenvalue weighted by Gasteiger charge is -2.17. The van der Waals surface area contributed by atoms with Crippen molar-refractivity contribution >= 4 is 39.1 Å². The molecule has 0 saturated carbocycles. The Labute approximate surface area is 159 Å². The van der Waals surface area contributed by atoms with Crippen LogP contribution in [0.2, 0.25) is 0 Å². The van der Waals surface area contributed by atoms with Gasteiger partial charge in [0.15, 0.2) is 6.61 Å². The lowest BCUT2D eigenvalue weighted by molar-refractivity contribution is -0.122. The molecular weight excluding hydrogens is 398 g/mol. The van der Waals surface area contributed by atoms with Crippen molar-refractivity contribution in [1.82, 2.24) is 0 Å². The standard InChI is InChI=1S/C19H16BrN3O3/c20-14-3-1-5-16(10-14)23-12-13(9-18(23)24)19(25)22-15-4-2-6-17(11-15)26-8-7-21/h1-6,10-11,13H,8-9,12H2,(H,22,25). The molecule has 1 aliphatic rings. The molecule has 1 heterocycles. The molecule has 26 heavy (non-hydrogen) atoms. The Bertz CT molecular complexity index is 878. The number of rotatable bonds is 5. The van der Waals surface area contributed by atoms with Crippen LogP contribution in [-0.4, -0.2) is 25.0 Å². The number of nitrogens with zero attached hydrogens (tertiary/aromatic N) is 2. The van der Waals surface area contributed by atoms with Crippen LogP contribution in [-0.2, 0) is 9.59 Å². The van der Waals surface area contributed by atoms with Crippen molar-refractivity contribution < 1.29 is 14.3 Å². The molecule has 0 aliphatic carbocycles. The monoisotopic (exact) mass is 413 g/mol. The van der Waals surface area contributed by atoms with Gasteiger partial charge in [-0.3, -0.25) is 9.59 Å². The summed E-state index contributed by atoms with van der Waals surface area (Å²) in [7, 11) is 0. The van der Waals surface area contributed by atoms with Gasteiger partial charge < -0.3 is 15.0 Å². The highest BCUT2D eigenvalue weighted by molar-refractivity contribution is 9.10. The molecule has 6 nitrogen and oxygen atoms in total. The molecule has 1 fully saturated rings. The minimum Gasteiger partial charge on any atom is -0.479 e. The first kappa shape index (κ1) is 18.0. The summed E-state index contributed by atoms with van der Waals surface area (Å²) in [5.74, 6) is -0.213. The van der Waals surface area contributed by atoms with E-state index in [2.05, 4.69) is 21.2 Å². The van der Waals surface area contributed by atoms with Crippen molar-refractivity contribution in [2.45, 2.75) is 6.42 Å². The molecule has 1 aliphatic heterocycles. The van der Waals surface area contributed by atoms with E-state index in [1.54, 1.807) is 29.2 Å². The SMILES string of the molecule is N#CCOc1cccc(NC(=O)C2CC(=O)N(c3cccc(Br)c3)C2)c1. The van der Waals surface area contributed by atoms with Gasteiger partial charge in [0.2, 0.25) is 11.8 Å². The van der Waals surface area contributed by atoms with Crippen molar-refractivity contribution in [3.8, 4) is 11.8 Å². The van der Waals surface area contributed by atoms with Gasteiger partial charge in [-0.05, 0) is 30.3 Å². The molecule has 0 aromatic heterocycles. The zero-order chi connectivity index (χ0) is 18.5. The Morgan fingerprint density at radius 3 is 2.88 bits per heavy atom. The molecule has 2 amide bonds. The lowest BCUT2D eigenvalue weighted by atomic mass is 10.1. The van der Waals surface area contributed by atoms with Gasteiger partial charge in [0.05, 0.1) is 5.92 Å². The van der Waals surface area contributed by atoms with E-state index in [1.165, 1.54) is 0 Å². The minimum absolute atomic E-state index is 0.0594. The lowest BCUT2D eigenvalue weighted by Crippen LogP contribution is -2.28. The van der Waals surface area contributed by atoms with E-state index < -0.39 is 5.92 Å². The van der Waals surface area contributed by atoms with Gasteiger partial charge in [-0.15, -0.1) is 0 Å². The van der Waals surface area contributed by atoms with E-state index in [4.69, 9.17) is 10.00 Å². The summed E-state index contributed by atoms with van der Waals surface area (Å²) in [5.41, 5.74) is 1.34. The number of carbonyl (C=O) groups is 2. The average molecular weight is 414 g/mol. The highest BCUT2D eigenvalue weighted by atomic mass is 79.9. The Hall–Kier alpha value is -2.85.